The van der Waals surface area contributed by atoms with E-state index in [-0.39, 0.29) is 29.1 Å². The maximum Gasteiger partial charge on any atom is 0.295 e. The van der Waals surface area contributed by atoms with Gasteiger partial charge in [0.25, 0.3) is 17.4 Å². The number of non-ortho nitro benzene ring substituents is 1. The number of likely N-dealkylation sites (tertiary alicyclic amines) is 1. The van der Waals surface area contributed by atoms with Crippen LogP contribution in [0, 0.1) is 17.0 Å². The van der Waals surface area contributed by atoms with Gasteiger partial charge in [-0.05, 0) is 24.6 Å². The molecule has 0 bridgehead atoms. The Kier molecular flexibility index (Phi) is 6.62. The van der Waals surface area contributed by atoms with Gasteiger partial charge in [-0.1, -0.05) is 23.8 Å². The number of aliphatic hydroxyl groups is 1. The van der Waals surface area contributed by atoms with Gasteiger partial charge in [-0.2, -0.15) is 0 Å². The van der Waals surface area contributed by atoms with E-state index in [1.807, 2.05) is 0 Å². The number of aryl methyl sites for hydroxylation is 1. The van der Waals surface area contributed by atoms with Gasteiger partial charge in [0.1, 0.15) is 11.5 Å². The topological polar surface area (TPSA) is 133 Å². The highest BCUT2D eigenvalue weighted by atomic mass is 16.6. The molecule has 34 heavy (non-hydrogen) atoms. The normalized spacial score (nSPS) is 20.6. The number of aliphatic hydroxyl groups excluding tert-OH is 1. The van der Waals surface area contributed by atoms with Crippen LogP contribution in [0.2, 0.25) is 0 Å². The number of phenols is 1. The highest BCUT2D eigenvalue weighted by Crippen LogP contribution is 2.41. The molecule has 2 N–H and O–H groups in total. The van der Waals surface area contributed by atoms with Crippen molar-refractivity contribution < 1.29 is 29.5 Å². The maximum atomic E-state index is 13.1. The predicted molar refractivity (Wildman–Crippen MR) is 122 cm³/mol. The number of nitrogens with zero attached hydrogens (tertiary/aromatic N) is 3. The first-order valence-electron chi connectivity index (χ1n) is 10.9. The van der Waals surface area contributed by atoms with E-state index in [1.54, 1.807) is 19.1 Å². The fourth-order valence-electron chi connectivity index (χ4n) is 4.32. The number of hydrogen-bond acceptors (Lipinski definition) is 8. The number of carbonyl (C=O) groups excluding carboxylic acids is 2. The molecule has 1 amide bonds. The lowest BCUT2D eigenvalue weighted by Gasteiger charge is -2.31. The molecular formula is C24H25N3O7. The van der Waals surface area contributed by atoms with Gasteiger partial charge in [-0.3, -0.25) is 24.6 Å². The second-order valence-electron chi connectivity index (χ2n) is 8.32. The Morgan fingerprint density at radius 2 is 1.88 bits per heavy atom. The van der Waals surface area contributed by atoms with Gasteiger partial charge < -0.3 is 19.8 Å². The zero-order valence-electron chi connectivity index (χ0n) is 18.6. The van der Waals surface area contributed by atoms with Crippen LogP contribution in [-0.4, -0.2) is 76.0 Å². The first-order chi connectivity index (χ1) is 16.3. The molecule has 1 unspecified atom stereocenters. The number of Topliss-reactive ketones (excluding diaryl/α,β-unsaturated/α-hetero) is 1. The first-order valence-corrected chi connectivity index (χ1v) is 10.9. The molecule has 2 saturated heterocycles. The van der Waals surface area contributed by atoms with E-state index in [1.165, 1.54) is 35.2 Å². The summed E-state index contributed by atoms with van der Waals surface area (Å²) in [6, 6.07) is 9.16. The minimum atomic E-state index is -1.04. The van der Waals surface area contributed by atoms with Crippen LogP contribution < -0.4 is 0 Å². The molecule has 178 valence electrons. The van der Waals surface area contributed by atoms with E-state index in [4.69, 9.17) is 4.74 Å². The molecule has 2 aliphatic heterocycles. The number of morpholine rings is 1. The molecule has 2 aromatic rings. The van der Waals surface area contributed by atoms with Crippen LogP contribution in [-0.2, 0) is 14.3 Å². The van der Waals surface area contributed by atoms with Crippen LogP contribution >= 0.6 is 0 Å². The molecule has 10 nitrogen and oxygen atoms in total. The van der Waals surface area contributed by atoms with Crippen molar-refractivity contribution in [2.24, 2.45) is 0 Å². The lowest BCUT2D eigenvalue weighted by Crippen LogP contribution is -2.42. The van der Waals surface area contributed by atoms with Gasteiger partial charge in [0.2, 0.25) is 0 Å². The van der Waals surface area contributed by atoms with Crippen LogP contribution in [0.4, 0.5) is 5.69 Å². The van der Waals surface area contributed by atoms with Gasteiger partial charge in [-0.15, -0.1) is 0 Å². The van der Waals surface area contributed by atoms with Crippen LogP contribution in [0.3, 0.4) is 0 Å². The molecule has 2 heterocycles. The molecule has 10 heteroatoms. The van der Waals surface area contributed by atoms with E-state index in [0.717, 1.165) is 5.56 Å². The summed E-state index contributed by atoms with van der Waals surface area (Å²) in [4.78, 5) is 40.4. The molecule has 2 aliphatic rings. The Hall–Kier alpha value is -3.76. The van der Waals surface area contributed by atoms with Crippen LogP contribution in [0.25, 0.3) is 5.76 Å². The number of hydrogen-bond donors (Lipinski definition) is 2. The summed E-state index contributed by atoms with van der Waals surface area (Å²) in [7, 11) is 0. The lowest BCUT2D eigenvalue weighted by molar-refractivity contribution is -0.384. The zero-order valence-corrected chi connectivity index (χ0v) is 18.6. The van der Waals surface area contributed by atoms with E-state index >= 15 is 0 Å². The quantitative estimate of drug-likeness (QED) is 0.217. The first kappa shape index (κ1) is 23.4. The molecule has 2 aromatic carbocycles. The number of amides is 1. The van der Waals surface area contributed by atoms with E-state index in [9.17, 15) is 29.9 Å². The third-order valence-electron chi connectivity index (χ3n) is 6.10. The summed E-state index contributed by atoms with van der Waals surface area (Å²) in [6.45, 7) is 4.91. The van der Waals surface area contributed by atoms with Crippen LogP contribution in [0.5, 0.6) is 5.75 Å². The van der Waals surface area contributed by atoms with Crippen molar-refractivity contribution in [2.45, 2.75) is 13.0 Å². The van der Waals surface area contributed by atoms with Gasteiger partial charge in [0.15, 0.2) is 0 Å². The molecule has 1 atom stereocenters. The maximum absolute atomic E-state index is 13.1. The summed E-state index contributed by atoms with van der Waals surface area (Å²) in [5.41, 5.74) is 0.654. The molecule has 0 aliphatic carbocycles. The molecule has 2 fully saturated rings. The van der Waals surface area contributed by atoms with E-state index in [0.29, 0.717) is 38.4 Å². The third kappa shape index (κ3) is 4.50. The molecule has 4 rings (SSSR count). The van der Waals surface area contributed by atoms with Gasteiger partial charge in [0, 0.05) is 38.3 Å². The van der Waals surface area contributed by atoms with Gasteiger partial charge >= 0.3 is 0 Å². The number of carbonyl (C=O) groups is 2. The Bertz CT molecular complexity index is 1170. The molecule has 0 radical (unpaired) electrons. The third-order valence-corrected chi connectivity index (χ3v) is 6.10. The Balaban J connectivity index is 1.81. The fraction of sp³-hybridized carbons (Fsp3) is 0.333. The van der Waals surface area contributed by atoms with Crippen molar-refractivity contribution in [1.82, 2.24) is 9.80 Å². The number of ether oxygens (including phenoxy) is 1. The average Bonchev–Trinajstić information content (AvgIpc) is 3.09. The second kappa shape index (κ2) is 9.62. The van der Waals surface area contributed by atoms with Crippen molar-refractivity contribution >= 4 is 23.1 Å². The SMILES string of the molecule is Cc1ccc(O)c(C(O)=C2C(=O)C(=O)N(CCN3CCOCC3)C2c2cccc([N+](=O)[O-])c2)c1. The van der Waals surface area contributed by atoms with Crippen molar-refractivity contribution in [3.8, 4) is 5.75 Å². The highest BCUT2D eigenvalue weighted by molar-refractivity contribution is 6.46. The number of benzene rings is 2. The molecule has 0 spiro atoms. The number of nitro benzene ring substituents is 1. The minimum absolute atomic E-state index is 0.0154. The van der Waals surface area contributed by atoms with Crippen molar-refractivity contribution in [3.63, 3.8) is 0 Å². The highest BCUT2D eigenvalue weighted by Gasteiger charge is 2.46. The summed E-state index contributed by atoms with van der Waals surface area (Å²) in [5, 5.41) is 32.8. The lowest BCUT2D eigenvalue weighted by atomic mass is 9.94. The average molecular weight is 467 g/mol. The number of rotatable bonds is 6. The molecule has 0 saturated carbocycles. The predicted octanol–water partition coefficient (Wildman–Crippen LogP) is 2.36. The minimum Gasteiger partial charge on any atom is -0.507 e. The molecular weight excluding hydrogens is 442 g/mol. The number of phenolic OH excluding ortho intramolecular Hbond substituents is 1. The zero-order chi connectivity index (χ0) is 24.4. The van der Waals surface area contributed by atoms with Crippen LogP contribution in [0.1, 0.15) is 22.7 Å². The largest absolute Gasteiger partial charge is 0.507 e. The summed E-state index contributed by atoms with van der Waals surface area (Å²) in [5.74, 6) is -2.49. The van der Waals surface area contributed by atoms with Gasteiger partial charge in [-0.25, -0.2) is 0 Å². The van der Waals surface area contributed by atoms with Crippen molar-refractivity contribution in [3.05, 3.63) is 74.8 Å². The summed E-state index contributed by atoms with van der Waals surface area (Å²) in [6.07, 6.45) is 0. The standard InChI is InChI=1S/C24H25N3O7/c1-15-5-6-19(28)18(13-15)22(29)20-21(16-3-2-4-17(14-16)27(32)33)26(24(31)23(20)30)8-7-25-9-11-34-12-10-25/h2-6,13-14,21,28-29H,7-12H2,1H3. The Morgan fingerprint density at radius 3 is 2.59 bits per heavy atom. The Morgan fingerprint density at radius 1 is 1.15 bits per heavy atom. The van der Waals surface area contributed by atoms with Crippen LogP contribution in [0.15, 0.2) is 48.0 Å². The van der Waals surface area contributed by atoms with Crippen molar-refractivity contribution in [1.29, 1.82) is 0 Å². The van der Waals surface area contributed by atoms with E-state index < -0.39 is 28.4 Å². The smallest absolute Gasteiger partial charge is 0.295 e. The summed E-state index contributed by atoms with van der Waals surface area (Å²) >= 11 is 0. The van der Waals surface area contributed by atoms with Gasteiger partial charge in [0.05, 0.1) is 35.3 Å². The Labute approximate surface area is 195 Å². The monoisotopic (exact) mass is 467 g/mol. The van der Waals surface area contributed by atoms with E-state index in [2.05, 4.69) is 4.90 Å². The summed E-state index contributed by atoms with van der Waals surface area (Å²) < 4.78 is 5.35. The fourth-order valence-corrected chi connectivity index (χ4v) is 4.32. The number of ketones is 1. The number of aromatic hydroxyl groups is 1. The van der Waals surface area contributed by atoms with Crippen molar-refractivity contribution in [2.75, 3.05) is 39.4 Å². The number of nitro groups is 1. The second-order valence-corrected chi connectivity index (χ2v) is 8.32. The molecule has 0 aromatic heterocycles.